The Morgan fingerprint density at radius 3 is 2.83 bits per heavy atom. The van der Waals surface area contributed by atoms with Crippen molar-refractivity contribution in [2.75, 3.05) is 32.5 Å². The van der Waals surface area contributed by atoms with Crippen LogP contribution in [0.4, 0.5) is 11.8 Å². The van der Waals surface area contributed by atoms with Crippen LogP contribution in [0.25, 0.3) is 0 Å². The molecule has 2 aromatic rings. The molecule has 0 spiro atoms. The van der Waals surface area contributed by atoms with Crippen molar-refractivity contribution in [1.29, 1.82) is 0 Å². The third kappa shape index (κ3) is 3.86. The van der Waals surface area contributed by atoms with E-state index in [0.717, 1.165) is 24.9 Å². The summed E-state index contributed by atoms with van der Waals surface area (Å²) < 4.78 is 0. The zero-order chi connectivity index (χ0) is 16.9. The molecule has 0 unspecified atom stereocenters. The van der Waals surface area contributed by atoms with Gasteiger partial charge in [-0.2, -0.15) is 0 Å². The lowest BCUT2D eigenvalue weighted by Gasteiger charge is -2.25. The predicted molar refractivity (Wildman–Crippen MR) is 91.8 cm³/mol. The number of pyridine rings is 1. The molecule has 7 nitrogen and oxygen atoms in total. The molecule has 0 aliphatic carbocycles. The second kappa shape index (κ2) is 7.35. The first-order valence-corrected chi connectivity index (χ1v) is 8.07. The maximum Gasteiger partial charge on any atom is 0.236 e. The Hall–Kier alpha value is -2.54. The standard InChI is InChI=1S/C17H22N6O/c1-22(2)16(24)12-23-10-3-5-14(23)13-6-9-18-15(11-13)21-17-19-7-4-8-20-17/h4,6-9,11,14H,3,5,10,12H2,1-2H3,(H,18,19,20,21)/t14-/m0/s1. The fourth-order valence-corrected chi connectivity index (χ4v) is 2.91. The molecule has 1 amide bonds. The van der Waals surface area contributed by atoms with E-state index in [1.54, 1.807) is 43.7 Å². The van der Waals surface area contributed by atoms with Gasteiger partial charge in [0.1, 0.15) is 5.82 Å². The van der Waals surface area contributed by atoms with Crippen LogP contribution in [0.3, 0.4) is 0 Å². The van der Waals surface area contributed by atoms with Crippen LogP contribution in [-0.2, 0) is 4.79 Å². The molecule has 1 fully saturated rings. The highest BCUT2D eigenvalue weighted by Gasteiger charge is 2.28. The zero-order valence-electron chi connectivity index (χ0n) is 14.0. The van der Waals surface area contributed by atoms with Gasteiger partial charge in [-0.3, -0.25) is 9.69 Å². The fraction of sp³-hybridized carbons (Fsp3) is 0.412. The van der Waals surface area contributed by atoms with Crippen LogP contribution in [0.5, 0.6) is 0 Å². The highest BCUT2D eigenvalue weighted by atomic mass is 16.2. The molecule has 0 bridgehead atoms. The summed E-state index contributed by atoms with van der Waals surface area (Å²) in [5.74, 6) is 1.37. The molecule has 1 aliphatic heterocycles. The molecule has 0 radical (unpaired) electrons. The number of amides is 1. The number of carbonyl (C=O) groups excluding carboxylic acids is 1. The van der Waals surface area contributed by atoms with E-state index in [1.165, 1.54) is 0 Å². The Bertz CT molecular complexity index is 690. The summed E-state index contributed by atoms with van der Waals surface area (Å²) in [7, 11) is 3.59. The van der Waals surface area contributed by atoms with Gasteiger partial charge in [0.25, 0.3) is 0 Å². The predicted octanol–water partition coefficient (Wildman–Crippen LogP) is 1.84. The van der Waals surface area contributed by atoms with Gasteiger partial charge in [-0.25, -0.2) is 15.0 Å². The molecule has 0 aromatic carbocycles. The van der Waals surface area contributed by atoms with Gasteiger partial charge in [0.2, 0.25) is 11.9 Å². The van der Waals surface area contributed by atoms with Gasteiger partial charge in [0, 0.05) is 38.7 Å². The molecule has 3 rings (SSSR count). The molecular weight excluding hydrogens is 304 g/mol. The quantitative estimate of drug-likeness (QED) is 0.904. The maximum absolute atomic E-state index is 12.0. The summed E-state index contributed by atoms with van der Waals surface area (Å²) in [6.07, 6.45) is 7.30. The molecule has 126 valence electrons. The number of nitrogens with zero attached hydrogens (tertiary/aromatic N) is 5. The first-order valence-electron chi connectivity index (χ1n) is 8.07. The Kier molecular flexibility index (Phi) is 5.00. The minimum atomic E-state index is 0.131. The molecule has 1 aliphatic rings. The van der Waals surface area contributed by atoms with Crippen molar-refractivity contribution in [1.82, 2.24) is 24.8 Å². The third-order valence-electron chi connectivity index (χ3n) is 4.18. The molecule has 1 N–H and O–H groups in total. The average molecular weight is 326 g/mol. The molecule has 1 atom stereocenters. The van der Waals surface area contributed by atoms with Crippen LogP contribution in [-0.4, -0.2) is 57.8 Å². The second-order valence-corrected chi connectivity index (χ2v) is 6.09. The van der Waals surface area contributed by atoms with E-state index in [9.17, 15) is 4.79 Å². The van der Waals surface area contributed by atoms with E-state index in [4.69, 9.17) is 0 Å². The summed E-state index contributed by atoms with van der Waals surface area (Å²) in [6, 6.07) is 6.04. The van der Waals surface area contributed by atoms with Gasteiger partial charge in [-0.15, -0.1) is 0 Å². The second-order valence-electron chi connectivity index (χ2n) is 6.09. The van der Waals surface area contributed by atoms with Crippen LogP contribution in [0.15, 0.2) is 36.8 Å². The largest absolute Gasteiger partial charge is 0.348 e. The lowest BCUT2D eigenvalue weighted by atomic mass is 10.1. The van der Waals surface area contributed by atoms with Crippen LogP contribution >= 0.6 is 0 Å². The number of hydrogen-bond acceptors (Lipinski definition) is 6. The van der Waals surface area contributed by atoms with E-state index in [0.29, 0.717) is 18.3 Å². The zero-order valence-corrected chi connectivity index (χ0v) is 14.0. The third-order valence-corrected chi connectivity index (χ3v) is 4.18. The fourth-order valence-electron chi connectivity index (χ4n) is 2.91. The van der Waals surface area contributed by atoms with Gasteiger partial charge in [0.15, 0.2) is 0 Å². The van der Waals surface area contributed by atoms with E-state index in [2.05, 4.69) is 25.2 Å². The minimum absolute atomic E-state index is 0.131. The van der Waals surface area contributed by atoms with Crippen LogP contribution < -0.4 is 5.32 Å². The van der Waals surface area contributed by atoms with Crippen molar-refractivity contribution < 1.29 is 4.79 Å². The van der Waals surface area contributed by atoms with E-state index >= 15 is 0 Å². The highest BCUT2D eigenvalue weighted by molar-refractivity contribution is 5.77. The lowest BCUT2D eigenvalue weighted by Crippen LogP contribution is -2.36. The molecule has 0 saturated carbocycles. The molecule has 3 heterocycles. The van der Waals surface area contributed by atoms with E-state index in [-0.39, 0.29) is 11.9 Å². The first-order chi connectivity index (χ1) is 11.6. The number of rotatable bonds is 5. The summed E-state index contributed by atoms with van der Waals surface area (Å²) >= 11 is 0. The summed E-state index contributed by atoms with van der Waals surface area (Å²) in [5, 5.41) is 3.11. The van der Waals surface area contributed by atoms with Crippen molar-refractivity contribution in [3.05, 3.63) is 42.4 Å². The van der Waals surface area contributed by atoms with Crippen molar-refractivity contribution in [2.45, 2.75) is 18.9 Å². The van der Waals surface area contributed by atoms with E-state index < -0.39 is 0 Å². The summed E-state index contributed by atoms with van der Waals surface area (Å²) in [5.41, 5.74) is 1.16. The van der Waals surface area contributed by atoms with Crippen LogP contribution in [0.1, 0.15) is 24.4 Å². The number of likely N-dealkylation sites (tertiary alicyclic amines) is 1. The summed E-state index contributed by atoms with van der Waals surface area (Å²) in [6.45, 7) is 1.39. The monoisotopic (exact) mass is 326 g/mol. The van der Waals surface area contributed by atoms with Gasteiger partial charge in [-0.05, 0) is 43.1 Å². The van der Waals surface area contributed by atoms with Crippen molar-refractivity contribution in [3.63, 3.8) is 0 Å². The molecule has 2 aromatic heterocycles. The van der Waals surface area contributed by atoms with Gasteiger partial charge < -0.3 is 10.2 Å². The number of nitrogens with one attached hydrogen (secondary N) is 1. The topological polar surface area (TPSA) is 74.2 Å². The Balaban J connectivity index is 1.74. The highest BCUT2D eigenvalue weighted by Crippen LogP contribution is 2.32. The SMILES string of the molecule is CN(C)C(=O)CN1CCC[C@H]1c1ccnc(Nc2ncccn2)c1. The van der Waals surface area contributed by atoms with Crippen molar-refractivity contribution >= 4 is 17.7 Å². The van der Waals surface area contributed by atoms with Crippen LogP contribution in [0, 0.1) is 0 Å². The number of likely N-dealkylation sites (N-methyl/N-ethyl adjacent to an activating group) is 1. The number of carbonyl (C=O) groups is 1. The molecule has 7 heteroatoms. The normalized spacial score (nSPS) is 17.7. The molecule has 24 heavy (non-hydrogen) atoms. The average Bonchev–Trinajstić information content (AvgIpc) is 3.04. The number of hydrogen-bond donors (Lipinski definition) is 1. The minimum Gasteiger partial charge on any atom is -0.348 e. The molecular formula is C17H22N6O. The maximum atomic E-state index is 12.0. The van der Waals surface area contributed by atoms with Gasteiger partial charge >= 0.3 is 0 Å². The van der Waals surface area contributed by atoms with Crippen molar-refractivity contribution in [3.8, 4) is 0 Å². The summed E-state index contributed by atoms with van der Waals surface area (Å²) in [4.78, 5) is 28.5. The van der Waals surface area contributed by atoms with E-state index in [1.807, 2.05) is 12.1 Å². The number of aromatic nitrogens is 3. The van der Waals surface area contributed by atoms with Crippen LogP contribution in [0.2, 0.25) is 0 Å². The lowest BCUT2D eigenvalue weighted by molar-refractivity contribution is -0.130. The van der Waals surface area contributed by atoms with Gasteiger partial charge in [0.05, 0.1) is 6.54 Å². The van der Waals surface area contributed by atoms with Crippen molar-refractivity contribution in [2.24, 2.45) is 0 Å². The first kappa shape index (κ1) is 16.3. The Morgan fingerprint density at radius 1 is 1.29 bits per heavy atom. The Morgan fingerprint density at radius 2 is 2.08 bits per heavy atom. The smallest absolute Gasteiger partial charge is 0.236 e. The van der Waals surface area contributed by atoms with Gasteiger partial charge in [-0.1, -0.05) is 0 Å². The Labute approximate surface area is 141 Å². The number of anilines is 2. The molecule has 1 saturated heterocycles.